The van der Waals surface area contributed by atoms with Crippen molar-refractivity contribution in [3.63, 3.8) is 0 Å². The number of hydrogen-bond acceptors (Lipinski definition) is 5. The van der Waals surface area contributed by atoms with Gasteiger partial charge in [0.1, 0.15) is 0 Å². The lowest BCUT2D eigenvalue weighted by Crippen LogP contribution is -2.47. The minimum absolute atomic E-state index is 0.00922. The Morgan fingerprint density at radius 3 is 2.22 bits per heavy atom. The summed E-state index contributed by atoms with van der Waals surface area (Å²) in [6.07, 6.45) is 0. The highest BCUT2D eigenvalue weighted by Gasteiger charge is 2.18. The van der Waals surface area contributed by atoms with E-state index in [1.807, 2.05) is 31.2 Å². The van der Waals surface area contributed by atoms with Gasteiger partial charge >= 0.3 is 0 Å². The van der Waals surface area contributed by atoms with E-state index in [1.54, 1.807) is 13.8 Å². The molecule has 0 aliphatic carbocycles. The second-order valence-electron chi connectivity index (χ2n) is 7.59. The van der Waals surface area contributed by atoms with Gasteiger partial charge in [-0.25, -0.2) is 13.1 Å². The van der Waals surface area contributed by atoms with Crippen LogP contribution in [0.25, 0.3) is 0 Å². The average Bonchev–Trinajstić information content (AvgIpc) is 2.62. The van der Waals surface area contributed by atoms with E-state index in [-0.39, 0.29) is 11.8 Å². The minimum Gasteiger partial charge on any atom is -0.325 e. The maximum Gasteiger partial charge on any atom is 0.238 e. The summed E-state index contributed by atoms with van der Waals surface area (Å²) in [7, 11) is -1.17. The third kappa shape index (κ3) is 6.88. The van der Waals surface area contributed by atoms with E-state index in [2.05, 4.69) is 26.9 Å². The highest BCUT2D eigenvalue weighted by Crippen LogP contribution is 2.18. The topological polar surface area (TPSA) is 81.8 Å². The second kappa shape index (κ2) is 9.64. The Morgan fingerprint density at radius 2 is 1.67 bits per heavy atom. The molecule has 2 rings (SSSR count). The molecule has 0 aromatic heterocycles. The van der Waals surface area contributed by atoms with Gasteiger partial charge in [-0.2, -0.15) is 0 Å². The van der Waals surface area contributed by atoms with Crippen molar-refractivity contribution in [3.8, 4) is 0 Å². The van der Waals surface area contributed by atoms with Crippen LogP contribution in [0.4, 0.5) is 5.69 Å². The number of rotatable bonds is 8. The number of sulfonamides is 1. The third-order valence-electron chi connectivity index (χ3n) is 4.94. The molecule has 1 aromatic rings. The molecular formula is C19H32N4O3S. The van der Waals surface area contributed by atoms with Crippen LogP contribution in [0.3, 0.4) is 0 Å². The standard InChI is InChI=1S/C19H32N4O3S/c1-15(2)27(25,26)20-13-16(3)17-5-7-18(8-6-17)21-19(24)14-23-11-9-22(4)10-12-23/h5-8,15-16,20H,9-14H2,1-4H3,(H,21,24). The SMILES string of the molecule is CC(CNS(=O)(=O)C(C)C)c1ccc(NC(=O)CN2CCN(C)CC2)cc1. The molecule has 7 nitrogen and oxygen atoms in total. The van der Waals surface area contributed by atoms with Crippen LogP contribution < -0.4 is 10.0 Å². The Kier molecular flexibility index (Phi) is 7.79. The number of hydrogen-bond donors (Lipinski definition) is 2. The molecule has 2 N–H and O–H groups in total. The highest BCUT2D eigenvalue weighted by molar-refractivity contribution is 7.90. The highest BCUT2D eigenvalue weighted by atomic mass is 32.2. The van der Waals surface area contributed by atoms with Crippen LogP contribution in [0.1, 0.15) is 32.3 Å². The van der Waals surface area contributed by atoms with Gasteiger partial charge in [0.25, 0.3) is 0 Å². The minimum atomic E-state index is -3.26. The van der Waals surface area contributed by atoms with Gasteiger partial charge in [0.2, 0.25) is 15.9 Å². The van der Waals surface area contributed by atoms with E-state index in [1.165, 1.54) is 0 Å². The van der Waals surface area contributed by atoms with E-state index < -0.39 is 15.3 Å². The average molecular weight is 397 g/mol. The Morgan fingerprint density at radius 1 is 1.07 bits per heavy atom. The molecule has 8 heteroatoms. The number of carbonyl (C=O) groups excluding carboxylic acids is 1. The summed E-state index contributed by atoms with van der Waals surface area (Å²) >= 11 is 0. The molecule has 27 heavy (non-hydrogen) atoms. The molecule has 1 unspecified atom stereocenters. The summed E-state index contributed by atoms with van der Waals surface area (Å²) < 4.78 is 26.4. The van der Waals surface area contributed by atoms with E-state index in [4.69, 9.17) is 0 Å². The molecule has 1 heterocycles. The Labute approximate surface area is 163 Å². The van der Waals surface area contributed by atoms with Gasteiger partial charge in [-0.15, -0.1) is 0 Å². The third-order valence-corrected chi connectivity index (χ3v) is 6.75. The molecule has 1 aromatic carbocycles. The molecule has 0 bridgehead atoms. The fraction of sp³-hybridized carbons (Fsp3) is 0.632. The Balaban J connectivity index is 1.82. The largest absolute Gasteiger partial charge is 0.325 e. The lowest BCUT2D eigenvalue weighted by molar-refractivity contribution is -0.117. The summed E-state index contributed by atoms with van der Waals surface area (Å²) in [6, 6.07) is 7.59. The number of piperazine rings is 1. The number of anilines is 1. The smallest absolute Gasteiger partial charge is 0.238 e. The molecule has 1 amide bonds. The lowest BCUT2D eigenvalue weighted by atomic mass is 10.0. The van der Waals surface area contributed by atoms with Crippen molar-refractivity contribution in [1.29, 1.82) is 0 Å². The van der Waals surface area contributed by atoms with Crippen LogP contribution in [-0.4, -0.2) is 75.7 Å². The zero-order valence-corrected chi connectivity index (χ0v) is 17.6. The number of benzene rings is 1. The molecule has 1 aliphatic heterocycles. The van der Waals surface area contributed by atoms with Gasteiger partial charge < -0.3 is 10.2 Å². The molecule has 0 radical (unpaired) electrons. The monoisotopic (exact) mass is 396 g/mol. The predicted molar refractivity (Wildman–Crippen MR) is 109 cm³/mol. The predicted octanol–water partition coefficient (Wildman–Crippen LogP) is 1.30. The maximum atomic E-state index is 12.2. The van der Waals surface area contributed by atoms with Crippen LogP contribution in [0.5, 0.6) is 0 Å². The zero-order valence-electron chi connectivity index (χ0n) is 16.7. The lowest BCUT2D eigenvalue weighted by Gasteiger charge is -2.31. The van der Waals surface area contributed by atoms with Crippen LogP contribution in [0.15, 0.2) is 24.3 Å². The Hall–Kier alpha value is -1.48. The number of nitrogens with one attached hydrogen (secondary N) is 2. The van der Waals surface area contributed by atoms with Gasteiger partial charge in [-0.1, -0.05) is 19.1 Å². The van der Waals surface area contributed by atoms with E-state index in [0.29, 0.717) is 13.1 Å². The summed E-state index contributed by atoms with van der Waals surface area (Å²) in [5, 5.41) is 2.49. The van der Waals surface area contributed by atoms with Gasteiger partial charge in [-0.05, 0) is 44.5 Å². The van der Waals surface area contributed by atoms with Crippen LogP contribution in [-0.2, 0) is 14.8 Å². The molecule has 1 fully saturated rings. The van der Waals surface area contributed by atoms with E-state index in [9.17, 15) is 13.2 Å². The van der Waals surface area contributed by atoms with Gasteiger partial charge in [0.15, 0.2) is 0 Å². The van der Waals surface area contributed by atoms with Gasteiger partial charge in [0.05, 0.1) is 11.8 Å². The van der Waals surface area contributed by atoms with E-state index in [0.717, 1.165) is 37.4 Å². The zero-order chi connectivity index (χ0) is 20.0. The van der Waals surface area contributed by atoms with Crippen molar-refractivity contribution in [3.05, 3.63) is 29.8 Å². The maximum absolute atomic E-state index is 12.2. The summed E-state index contributed by atoms with van der Waals surface area (Å²) in [4.78, 5) is 16.6. The molecule has 1 atom stereocenters. The van der Waals surface area contributed by atoms with Gasteiger partial charge in [-0.3, -0.25) is 9.69 Å². The van der Waals surface area contributed by atoms with Crippen molar-refractivity contribution in [1.82, 2.24) is 14.5 Å². The Bertz CT molecular complexity index is 711. The van der Waals surface area contributed by atoms with Gasteiger partial charge in [0, 0.05) is 38.4 Å². The molecule has 1 saturated heterocycles. The normalized spacial score (nSPS) is 17.8. The first-order chi connectivity index (χ1) is 12.7. The van der Waals surface area contributed by atoms with Crippen LogP contribution in [0, 0.1) is 0 Å². The van der Waals surface area contributed by atoms with Crippen LogP contribution >= 0.6 is 0 Å². The van der Waals surface area contributed by atoms with Crippen molar-refractivity contribution in [2.45, 2.75) is 31.9 Å². The summed E-state index contributed by atoms with van der Waals surface area (Å²) in [6.45, 7) is 9.85. The molecule has 152 valence electrons. The first kappa shape index (κ1) is 21.8. The van der Waals surface area contributed by atoms with Crippen molar-refractivity contribution in [2.75, 3.05) is 51.6 Å². The second-order valence-corrected chi connectivity index (χ2v) is 9.91. The van der Waals surface area contributed by atoms with E-state index >= 15 is 0 Å². The van der Waals surface area contributed by atoms with Crippen LogP contribution in [0.2, 0.25) is 0 Å². The summed E-state index contributed by atoms with van der Waals surface area (Å²) in [5.41, 5.74) is 1.78. The first-order valence-corrected chi connectivity index (χ1v) is 11.0. The fourth-order valence-electron chi connectivity index (χ4n) is 2.83. The molecule has 0 spiro atoms. The summed E-state index contributed by atoms with van der Waals surface area (Å²) in [5.74, 6) is 0.0404. The van der Waals surface area contributed by atoms with Crippen molar-refractivity contribution >= 4 is 21.6 Å². The number of nitrogens with zero attached hydrogens (tertiary/aromatic N) is 2. The number of carbonyl (C=O) groups is 1. The molecule has 1 aliphatic rings. The fourth-order valence-corrected chi connectivity index (χ4v) is 3.65. The quantitative estimate of drug-likeness (QED) is 0.692. The molecule has 0 saturated carbocycles. The number of amides is 1. The van der Waals surface area contributed by atoms with Crippen molar-refractivity contribution < 1.29 is 13.2 Å². The molecular weight excluding hydrogens is 364 g/mol. The number of likely N-dealkylation sites (N-methyl/N-ethyl adjacent to an activating group) is 1. The van der Waals surface area contributed by atoms with Crippen molar-refractivity contribution in [2.24, 2.45) is 0 Å². The first-order valence-electron chi connectivity index (χ1n) is 9.46.